The lowest BCUT2D eigenvalue weighted by Crippen LogP contribution is -2.62. The van der Waals surface area contributed by atoms with E-state index in [0.29, 0.717) is 18.0 Å². The Bertz CT molecular complexity index is 1410. The SMILES string of the molecule is O=C1C2Cc3c([nH]c4ccccc34)C(CCc3ccccc3)N2C(=O)CN1Cc1ccccc1Cl. The van der Waals surface area contributed by atoms with Crippen LogP contribution < -0.4 is 0 Å². The fraction of sp³-hybridized carbons (Fsp3) is 0.241. The van der Waals surface area contributed by atoms with Gasteiger partial charge in [0.25, 0.3) is 0 Å². The number of para-hydroxylation sites is 1. The van der Waals surface area contributed by atoms with Crippen LogP contribution in [0.25, 0.3) is 10.9 Å². The molecule has 6 heteroatoms. The van der Waals surface area contributed by atoms with E-state index in [1.165, 1.54) is 5.56 Å². The Labute approximate surface area is 209 Å². The minimum atomic E-state index is -0.508. The van der Waals surface area contributed by atoms with Crippen molar-refractivity contribution in [1.29, 1.82) is 0 Å². The molecule has 4 aromatic rings. The maximum absolute atomic E-state index is 13.8. The lowest BCUT2D eigenvalue weighted by molar-refractivity contribution is -0.160. The average molecular weight is 484 g/mol. The second-order valence-corrected chi connectivity index (χ2v) is 9.82. The molecule has 3 heterocycles. The highest BCUT2D eigenvalue weighted by Crippen LogP contribution is 2.41. The quantitative estimate of drug-likeness (QED) is 0.419. The molecule has 1 saturated heterocycles. The van der Waals surface area contributed by atoms with Crippen LogP contribution in [-0.4, -0.2) is 39.2 Å². The number of aromatic amines is 1. The van der Waals surface area contributed by atoms with Crippen molar-refractivity contribution in [3.05, 3.63) is 106 Å². The number of nitrogens with zero attached hydrogens (tertiary/aromatic N) is 2. The normalized spacial score (nSPS) is 19.7. The topological polar surface area (TPSA) is 56.4 Å². The van der Waals surface area contributed by atoms with Crippen LogP contribution in [0, 0.1) is 0 Å². The molecule has 176 valence electrons. The molecule has 2 unspecified atom stereocenters. The fourth-order valence-corrected chi connectivity index (χ4v) is 5.85. The Morgan fingerprint density at radius 2 is 1.66 bits per heavy atom. The van der Waals surface area contributed by atoms with Gasteiger partial charge in [-0.25, -0.2) is 0 Å². The van der Waals surface area contributed by atoms with Gasteiger partial charge in [-0.3, -0.25) is 9.59 Å². The van der Waals surface area contributed by atoms with Crippen LogP contribution in [0.5, 0.6) is 0 Å². The van der Waals surface area contributed by atoms with Crippen LogP contribution in [-0.2, 0) is 29.0 Å². The summed E-state index contributed by atoms with van der Waals surface area (Å²) in [6.45, 7) is 0.405. The molecule has 0 spiro atoms. The molecule has 2 atom stereocenters. The van der Waals surface area contributed by atoms with Crippen molar-refractivity contribution in [2.75, 3.05) is 6.54 Å². The number of carbonyl (C=O) groups is 2. The number of rotatable bonds is 5. The van der Waals surface area contributed by atoms with Crippen molar-refractivity contribution < 1.29 is 9.59 Å². The van der Waals surface area contributed by atoms with Crippen LogP contribution >= 0.6 is 11.6 Å². The third kappa shape index (κ3) is 3.90. The minimum absolute atomic E-state index is 0.00911. The monoisotopic (exact) mass is 483 g/mol. The van der Waals surface area contributed by atoms with Crippen molar-refractivity contribution in [3.8, 4) is 0 Å². The van der Waals surface area contributed by atoms with Crippen molar-refractivity contribution in [3.63, 3.8) is 0 Å². The van der Waals surface area contributed by atoms with Crippen molar-refractivity contribution >= 4 is 34.3 Å². The number of piperazine rings is 1. The number of halogens is 1. The molecule has 1 aromatic heterocycles. The number of hydrogen-bond donors (Lipinski definition) is 1. The smallest absolute Gasteiger partial charge is 0.246 e. The van der Waals surface area contributed by atoms with Gasteiger partial charge in [-0.1, -0.05) is 78.3 Å². The third-order valence-corrected chi connectivity index (χ3v) is 7.70. The summed E-state index contributed by atoms with van der Waals surface area (Å²) in [5.41, 5.74) is 5.35. The molecule has 5 nitrogen and oxygen atoms in total. The highest BCUT2D eigenvalue weighted by atomic mass is 35.5. The number of amides is 2. The zero-order valence-electron chi connectivity index (χ0n) is 19.3. The molecule has 0 saturated carbocycles. The molecule has 1 fully saturated rings. The van der Waals surface area contributed by atoms with E-state index in [1.54, 1.807) is 4.90 Å². The second kappa shape index (κ2) is 8.90. The van der Waals surface area contributed by atoms with E-state index in [4.69, 9.17) is 11.6 Å². The van der Waals surface area contributed by atoms with Crippen LogP contribution in [0.3, 0.4) is 0 Å². The molecule has 3 aromatic carbocycles. The van der Waals surface area contributed by atoms with E-state index in [2.05, 4.69) is 29.2 Å². The molecular weight excluding hydrogens is 458 g/mol. The first kappa shape index (κ1) is 21.9. The van der Waals surface area contributed by atoms with Gasteiger partial charge < -0.3 is 14.8 Å². The molecule has 1 N–H and O–H groups in total. The number of hydrogen-bond acceptors (Lipinski definition) is 2. The van der Waals surface area contributed by atoms with Gasteiger partial charge in [-0.05, 0) is 41.7 Å². The maximum atomic E-state index is 13.8. The number of fused-ring (bicyclic) bond motifs is 4. The molecule has 2 amide bonds. The lowest BCUT2D eigenvalue weighted by atomic mass is 9.86. The number of benzene rings is 3. The average Bonchev–Trinajstić information content (AvgIpc) is 3.25. The van der Waals surface area contributed by atoms with Gasteiger partial charge in [-0.2, -0.15) is 0 Å². The van der Waals surface area contributed by atoms with E-state index < -0.39 is 6.04 Å². The Balaban J connectivity index is 1.37. The maximum Gasteiger partial charge on any atom is 0.246 e. The van der Waals surface area contributed by atoms with Crippen molar-refractivity contribution in [2.45, 2.75) is 37.9 Å². The second-order valence-electron chi connectivity index (χ2n) is 9.41. The van der Waals surface area contributed by atoms with Crippen molar-refractivity contribution in [1.82, 2.24) is 14.8 Å². The van der Waals surface area contributed by atoms with Gasteiger partial charge in [0.15, 0.2) is 0 Å². The number of carbonyl (C=O) groups excluding carboxylic acids is 2. The van der Waals surface area contributed by atoms with E-state index in [1.807, 2.05) is 59.5 Å². The summed E-state index contributed by atoms with van der Waals surface area (Å²) in [6.07, 6.45) is 2.10. The molecule has 0 bridgehead atoms. The largest absolute Gasteiger partial charge is 0.356 e. The minimum Gasteiger partial charge on any atom is -0.356 e. The van der Waals surface area contributed by atoms with Crippen LogP contribution in [0.2, 0.25) is 5.02 Å². The van der Waals surface area contributed by atoms with E-state index in [0.717, 1.165) is 40.6 Å². The summed E-state index contributed by atoms with van der Waals surface area (Å²) < 4.78 is 0. The third-order valence-electron chi connectivity index (χ3n) is 7.33. The Hall–Kier alpha value is -3.57. The summed E-state index contributed by atoms with van der Waals surface area (Å²) in [5, 5.41) is 1.74. The molecule has 0 aliphatic carbocycles. The predicted molar refractivity (Wildman–Crippen MR) is 137 cm³/mol. The fourth-order valence-electron chi connectivity index (χ4n) is 5.66. The first-order valence-corrected chi connectivity index (χ1v) is 12.4. The standard InChI is InChI=1S/C29H26ClN3O2/c30-23-12-6-4-10-20(23)17-32-18-27(34)33-25(15-14-19-8-2-1-3-9-19)28-22(16-26(33)29(32)35)21-11-5-7-13-24(21)31-28/h1-13,25-26,31H,14-18H2. The number of aryl methyl sites for hydroxylation is 1. The Morgan fingerprint density at radius 3 is 2.49 bits per heavy atom. The molecule has 6 rings (SSSR count). The van der Waals surface area contributed by atoms with Crippen LogP contribution in [0.4, 0.5) is 0 Å². The highest BCUT2D eigenvalue weighted by molar-refractivity contribution is 6.31. The molecular formula is C29H26ClN3O2. The molecule has 35 heavy (non-hydrogen) atoms. The highest BCUT2D eigenvalue weighted by Gasteiger charge is 2.47. The first-order valence-electron chi connectivity index (χ1n) is 12.1. The Kier molecular flexibility index (Phi) is 5.57. The summed E-state index contributed by atoms with van der Waals surface area (Å²) in [5.74, 6) is -0.0193. The summed E-state index contributed by atoms with van der Waals surface area (Å²) in [4.78, 5) is 34.5. The Morgan fingerprint density at radius 1 is 0.914 bits per heavy atom. The summed E-state index contributed by atoms with van der Waals surface area (Å²) in [6, 6.07) is 25.3. The summed E-state index contributed by atoms with van der Waals surface area (Å²) >= 11 is 6.37. The van der Waals surface area contributed by atoms with Gasteiger partial charge in [-0.15, -0.1) is 0 Å². The van der Waals surface area contributed by atoms with Gasteiger partial charge in [0.2, 0.25) is 11.8 Å². The zero-order valence-corrected chi connectivity index (χ0v) is 20.0. The van der Waals surface area contributed by atoms with Gasteiger partial charge >= 0.3 is 0 Å². The number of nitrogens with one attached hydrogen (secondary N) is 1. The van der Waals surface area contributed by atoms with Gasteiger partial charge in [0.05, 0.1) is 6.04 Å². The van der Waals surface area contributed by atoms with Gasteiger partial charge in [0.1, 0.15) is 12.6 Å². The van der Waals surface area contributed by atoms with Gasteiger partial charge in [0, 0.05) is 34.6 Å². The number of H-pyrrole nitrogens is 1. The molecule has 2 aliphatic rings. The van der Waals surface area contributed by atoms with Crippen LogP contribution in [0.1, 0.15) is 34.8 Å². The predicted octanol–water partition coefficient (Wildman–Crippen LogP) is 5.29. The van der Waals surface area contributed by atoms with E-state index in [9.17, 15) is 9.59 Å². The first-order chi connectivity index (χ1) is 17.1. The lowest BCUT2D eigenvalue weighted by Gasteiger charge is -2.47. The van der Waals surface area contributed by atoms with Crippen LogP contribution in [0.15, 0.2) is 78.9 Å². The number of aromatic nitrogens is 1. The molecule has 2 aliphatic heterocycles. The zero-order chi connectivity index (χ0) is 23.9. The van der Waals surface area contributed by atoms with E-state index >= 15 is 0 Å². The van der Waals surface area contributed by atoms with Crippen molar-refractivity contribution in [2.24, 2.45) is 0 Å². The summed E-state index contributed by atoms with van der Waals surface area (Å²) in [7, 11) is 0. The van der Waals surface area contributed by atoms with E-state index in [-0.39, 0.29) is 24.4 Å². The molecule has 0 radical (unpaired) electrons.